The molecule has 6 heteroatoms. The minimum absolute atomic E-state index is 0.0660. The van der Waals surface area contributed by atoms with E-state index in [4.69, 9.17) is 4.74 Å². The summed E-state index contributed by atoms with van der Waals surface area (Å²) in [6.07, 6.45) is -1.22. The number of aliphatic hydroxyl groups is 1. The summed E-state index contributed by atoms with van der Waals surface area (Å²) < 4.78 is 5.32. The number of ether oxygens (including phenoxy) is 1. The Morgan fingerprint density at radius 3 is 2.62 bits per heavy atom. The largest absolute Gasteiger partial charge is 0.416 e. The van der Waals surface area contributed by atoms with Gasteiger partial charge in [0, 0.05) is 12.1 Å². The Labute approximate surface area is 152 Å². The van der Waals surface area contributed by atoms with Crippen LogP contribution in [0.4, 0.5) is 10.5 Å². The van der Waals surface area contributed by atoms with Crippen LogP contribution in [-0.4, -0.2) is 40.7 Å². The van der Waals surface area contributed by atoms with E-state index in [1.54, 1.807) is 24.3 Å². The number of β-amino-alcohol motifs (C(OH)–C–C–N with tert-alkyl or cyclic N) is 1. The highest BCUT2D eigenvalue weighted by molar-refractivity contribution is 5.97. The third-order valence-electron chi connectivity index (χ3n) is 4.42. The fraction of sp³-hybridized carbons (Fsp3) is 0.300. The van der Waals surface area contributed by atoms with E-state index in [1.165, 1.54) is 4.90 Å². The number of hydrogen-bond acceptors (Lipinski definition) is 4. The van der Waals surface area contributed by atoms with Gasteiger partial charge in [-0.05, 0) is 43.2 Å². The van der Waals surface area contributed by atoms with Crippen LogP contribution in [0.3, 0.4) is 0 Å². The van der Waals surface area contributed by atoms with Gasteiger partial charge in [-0.3, -0.25) is 9.69 Å². The van der Waals surface area contributed by atoms with E-state index in [0.717, 1.165) is 11.1 Å². The van der Waals surface area contributed by atoms with Gasteiger partial charge in [-0.25, -0.2) is 4.79 Å². The monoisotopic (exact) mass is 354 g/mol. The molecule has 0 radical (unpaired) electrons. The molecular formula is C20H22N2O4. The maximum absolute atomic E-state index is 12.7. The minimum atomic E-state index is -0.777. The number of aliphatic hydroxyl groups excluding tert-OH is 1. The first-order valence-electron chi connectivity index (χ1n) is 8.53. The Balaban J connectivity index is 1.73. The van der Waals surface area contributed by atoms with E-state index in [9.17, 15) is 14.7 Å². The lowest BCUT2D eigenvalue weighted by atomic mass is 10.1. The summed E-state index contributed by atoms with van der Waals surface area (Å²) in [6.45, 7) is 3.91. The van der Waals surface area contributed by atoms with E-state index in [0.29, 0.717) is 11.4 Å². The molecule has 1 aliphatic heterocycles. The lowest BCUT2D eigenvalue weighted by Gasteiger charge is -2.23. The number of amides is 2. The molecular weight excluding hydrogens is 332 g/mol. The maximum atomic E-state index is 12.7. The van der Waals surface area contributed by atoms with Crippen LogP contribution in [0.15, 0.2) is 48.5 Å². The van der Waals surface area contributed by atoms with Gasteiger partial charge in [0.1, 0.15) is 11.8 Å². The second-order valence-corrected chi connectivity index (χ2v) is 6.55. The number of likely N-dealkylation sites (tertiary alicyclic amines) is 1. The van der Waals surface area contributed by atoms with Crippen molar-refractivity contribution in [2.45, 2.75) is 32.4 Å². The normalized spacial score (nSPS) is 19.3. The summed E-state index contributed by atoms with van der Waals surface area (Å²) in [5.41, 5.74) is 2.66. The molecule has 1 heterocycles. The van der Waals surface area contributed by atoms with E-state index in [-0.39, 0.29) is 18.9 Å². The summed E-state index contributed by atoms with van der Waals surface area (Å²) in [7, 11) is 0. The average Bonchev–Trinajstić information content (AvgIpc) is 3.01. The summed E-state index contributed by atoms with van der Waals surface area (Å²) in [5.74, 6) is 0.0628. The molecule has 0 aliphatic carbocycles. The van der Waals surface area contributed by atoms with Crippen molar-refractivity contribution >= 4 is 17.7 Å². The second-order valence-electron chi connectivity index (χ2n) is 6.55. The third kappa shape index (κ3) is 4.03. The van der Waals surface area contributed by atoms with Crippen LogP contribution >= 0.6 is 0 Å². The van der Waals surface area contributed by atoms with Crippen molar-refractivity contribution in [2.75, 3.05) is 11.9 Å². The van der Waals surface area contributed by atoms with Crippen molar-refractivity contribution in [3.63, 3.8) is 0 Å². The summed E-state index contributed by atoms with van der Waals surface area (Å²) in [6, 6.07) is 13.6. The zero-order valence-corrected chi connectivity index (χ0v) is 14.8. The molecule has 0 bridgehead atoms. The van der Waals surface area contributed by atoms with Crippen molar-refractivity contribution in [1.82, 2.24) is 4.90 Å². The number of benzene rings is 2. The van der Waals surface area contributed by atoms with Crippen LogP contribution in [0.2, 0.25) is 0 Å². The molecule has 2 aromatic rings. The van der Waals surface area contributed by atoms with Crippen LogP contribution in [0, 0.1) is 13.8 Å². The predicted molar refractivity (Wildman–Crippen MR) is 98.1 cm³/mol. The van der Waals surface area contributed by atoms with Crippen LogP contribution < -0.4 is 10.1 Å². The van der Waals surface area contributed by atoms with Crippen molar-refractivity contribution < 1.29 is 19.4 Å². The maximum Gasteiger partial charge on any atom is 0.416 e. The fourth-order valence-corrected chi connectivity index (χ4v) is 3.00. The van der Waals surface area contributed by atoms with Gasteiger partial charge in [0.05, 0.1) is 12.6 Å². The third-order valence-corrected chi connectivity index (χ3v) is 4.42. The number of nitrogens with zero attached hydrogens (tertiary/aromatic N) is 1. The lowest BCUT2D eigenvalue weighted by Crippen LogP contribution is -2.44. The van der Waals surface area contributed by atoms with Crippen LogP contribution in [-0.2, 0) is 4.79 Å². The summed E-state index contributed by atoms with van der Waals surface area (Å²) >= 11 is 0. The zero-order chi connectivity index (χ0) is 18.7. The van der Waals surface area contributed by atoms with E-state index < -0.39 is 18.2 Å². The number of para-hydroxylation sites is 1. The van der Waals surface area contributed by atoms with Gasteiger partial charge < -0.3 is 15.2 Å². The highest BCUT2D eigenvalue weighted by Crippen LogP contribution is 2.23. The number of carbonyl (C=O) groups excluding carboxylic acids is 2. The number of carbonyl (C=O) groups is 2. The molecule has 1 fully saturated rings. The van der Waals surface area contributed by atoms with Crippen molar-refractivity contribution in [1.29, 1.82) is 0 Å². The fourth-order valence-electron chi connectivity index (χ4n) is 3.00. The molecule has 1 aliphatic rings. The number of hydrogen-bond donors (Lipinski definition) is 2. The first-order chi connectivity index (χ1) is 12.4. The van der Waals surface area contributed by atoms with Gasteiger partial charge in [-0.1, -0.05) is 30.3 Å². The van der Waals surface area contributed by atoms with Gasteiger partial charge in [-0.15, -0.1) is 0 Å². The number of nitrogens with one attached hydrogen (secondary N) is 1. The second kappa shape index (κ2) is 7.58. The highest BCUT2D eigenvalue weighted by atomic mass is 16.6. The molecule has 2 atom stereocenters. The molecule has 0 unspecified atom stereocenters. The molecule has 6 nitrogen and oxygen atoms in total. The van der Waals surface area contributed by atoms with Crippen molar-refractivity contribution in [3.05, 3.63) is 59.7 Å². The predicted octanol–water partition coefficient (Wildman–Crippen LogP) is 2.88. The average molecular weight is 354 g/mol. The van der Waals surface area contributed by atoms with Crippen LogP contribution in [0.5, 0.6) is 5.75 Å². The molecule has 2 amide bonds. The quantitative estimate of drug-likeness (QED) is 0.888. The molecule has 136 valence electrons. The Kier molecular flexibility index (Phi) is 5.23. The summed E-state index contributed by atoms with van der Waals surface area (Å²) in [5, 5.41) is 12.8. The summed E-state index contributed by atoms with van der Waals surface area (Å²) in [4.78, 5) is 26.5. The van der Waals surface area contributed by atoms with Gasteiger partial charge in [0.15, 0.2) is 0 Å². The van der Waals surface area contributed by atoms with Crippen molar-refractivity contribution in [3.8, 4) is 5.75 Å². The zero-order valence-electron chi connectivity index (χ0n) is 14.8. The van der Waals surface area contributed by atoms with Gasteiger partial charge in [0.2, 0.25) is 5.91 Å². The highest BCUT2D eigenvalue weighted by Gasteiger charge is 2.40. The van der Waals surface area contributed by atoms with Gasteiger partial charge in [0.25, 0.3) is 0 Å². The van der Waals surface area contributed by atoms with E-state index in [1.807, 2.05) is 38.1 Å². The standard InChI is InChI=1S/C20H22N2O4/c1-13-8-9-14(2)17(10-13)21-19(24)18-11-15(23)12-22(18)20(25)26-16-6-4-3-5-7-16/h3-10,15,18,23H,11-12H2,1-2H3,(H,21,24)/t15-,18+/m1/s1. The SMILES string of the molecule is Cc1ccc(C)c(NC(=O)[C@@H]2C[C@@H](O)CN2C(=O)Oc2ccccc2)c1. The minimum Gasteiger partial charge on any atom is -0.410 e. The molecule has 26 heavy (non-hydrogen) atoms. The number of rotatable bonds is 3. The van der Waals surface area contributed by atoms with E-state index >= 15 is 0 Å². The number of anilines is 1. The first kappa shape index (κ1) is 17.9. The molecule has 0 spiro atoms. The molecule has 2 N–H and O–H groups in total. The Hall–Kier alpha value is -2.86. The Morgan fingerprint density at radius 2 is 1.88 bits per heavy atom. The molecule has 0 saturated carbocycles. The topological polar surface area (TPSA) is 78.9 Å². The molecule has 1 saturated heterocycles. The Bertz CT molecular complexity index is 807. The molecule has 0 aromatic heterocycles. The molecule has 2 aromatic carbocycles. The molecule has 3 rings (SSSR count). The van der Waals surface area contributed by atoms with Gasteiger partial charge >= 0.3 is 6.09 Å². The van der Waals surface area contributed by atoms with Crippen LogP contribution in [0.25, 0.3) is 0 Å². The lowest BCUT2D eigenvalue weighted by molar-refractivity contribution is -0.119. The smallest absolute Gasteiger partial charge is 0.410 e. The number of aryl methyl sites for hydroxylation is 2. The first-order valence-corrected chi connectivity index (χ1v) is 8.53. The van der Waals surface area contributed by atoms with Crippen LogP contribution in [0.1, 0.15) is 17.5 Å². The van der Waals surface area contributed by atoms with E-state index in [2.05, 4.69) is 5.32 Å². The van der Waals surface area contributed by atoms with Crippen molar-refractivity contribution in [2.24, 2.45) is 0 Å². The Morgan fingerprint density at radius 1 is 1.15 bits per heavy atom. The van der Waals surface area contributed by atoms with Gasteiger partial charge in [-0.2, -0.15) is 0 Å².